The van der Waals surface area contributed by atoms with Crippen LogP contribution < -0.4 is 46.5 Å². The first-order valence-electron chi connectivity index (χ1n) is 3.11. The SMILES string of the molecule is O.O=c1[nH]c(=O)c2[nH]c(=O)[nH]c2[nH]1.[H-].[Na+]. The van der Waals surface area contributed by atoms with Crippen molar-refractivity contribution < 1.29 is 36.5 Å². The van der Waals surface area contributed by atoms with Crippen molar-refractivity contribution in [3.8, 4) is 0 Å². The number of aromatic nitrogens is 4. The van der Waals surface area contributed by atoms with Gasteiger partial charge >= 0.3 is 40.9 Å². The minimum Gasteiger partial charge on any atom is -1.00 e. The first-order valence-corrected chi connectivity index (χ1v) is 3.11. The molecule has 0 fully saturated rings. The number of hydrogen-bond donors (Lipinski definition) is 4. The van der Waals surface area contributed by atoms with E-state index in [4.69, 9.17) is 0 Å². The third kappa shape index (κ3) is 2.04. The van der Waals surface area contributed by atoms with E-state index in [1.165, 1.54) is 0 Å². The van der Waals surface area contributed by atoms with Gasteiger partial charge in [0.05, 0.1) is 0 Å². The topological polar surface area (TPSA) is 146 Å². The van der Waals surface area contributed by atoms with E-state index in [1.807, 2.05) is 4.98 Å². The summed E-state index contributed by atoms with van der Waals surface area (Å²) in [4.78, 5) is 41.0. The quantitative estimate of drug-likeness (QED) is 0.321. The summed E-state index contributed by atoms with van der Waals surface area (Å²) in [5.74, 6) is 0. The second kappa shape index (κ2) is 4.42. The number of hydrogen-bond acceptors (Lipinski definition) is 3. The fourth-order valence-electron chi connectivity index (χ4n) is 0.958. The van der Waals surface area contributed by atoms with Gasteiger partial charge in [0.2, 0.25) is 0 Å². The fourth-order valence-corrected chi connectivity index (χ4v) is 0.958. The minimum absolute atomic E-state index is 0. The van der Waals surface area contributed by atoms with E-state index in [1.54, 1.807) is 0 Å². The molecule has 0 aliphatic rings. The van der Waals surface area contributed by atoms with Crippen LogP contribution in [0.1, 0.15) is 1.43 Å². The summed E-state index contributed by atoms with van der Waals surface area (Å²) in [6, 6.07) is 0. The summed E-state index contributed by atoms with van der Waals surface area (Å²) in [6.07, 6.45) is 0. The molecule has 9 heteroatoms. The van der Waals surface area contributed by atoms with Crippen LogP contribution in [0.3, 0.4) is 0 Å². The Bertz CT molecular complexity index is 595. The maximum Gasteiger partial charge on any atom is 1.00 e. The van der Waals surface area contributed by atoms with Crippen molar-refractivity contribution in [1.82, 2.24) is 19.9 Å². The number of nitrogens with one attached hydrogen (secondary N) is 4. The van der Waals surface area contributed by atoms with Gasteiger partial charge in [0.25, 0.3) is 5.56 Å². The van der Waals surface area contributed by atoms with E-state index < -0.39 is 16.9 Å². The van der Waals surface area contributed by atoms with Crippen molar-refractivity contribution in [1.29, 1.82) is 0 Å². The number of imidazole rings is 1. The monoisotopic (exact) mass is 210 g/mol. The summed E-state index contributed by atoms with van der Waals surface area (Å²) >= 11 is 0. The van der Waals surface area contributed by atoms with Crippen LogP contribution in [0.5, 0.6) is 0 Å². The molecule has 0 radical (unpaired) electrons. The standard InChI is InChI=1S/C5H4N4O3.Na.H2O.H/c10-3-1-2(7-4(11)6-1)8-5(12)9-3;;;/h(H4,6,7,8,9,10,11,12);;1H2;/q;+1;;-1. The molecule has 0 saturated heterocycles. The van der Waals surface area contributed by atoms with Crippen LogP contribution in [-0.2, 0) is 0 Å². The molecule has 14 heavy (non-hydrogen) atoms. The molecule has 0 unspecified atom stereocenters. The Kier molecular flexibility index (Phi) is 4.08. The molecule has 6 N–H and O–H groups in total. The van der Waals surface area contributed by atoms with E-state index in [2.05, 4.69) is 15.0 Å². The summed E-state index contributed by atoms with van der Waals surface area (Å²) in [5.41, 5.74) is -1.65. The van der Waals surface area contributed by atoms with Crippen molar-refractivity contribution in [3.63, 3.8) is 0 Å². The normalized spacial score (nSPS) is 9.14. The van der Waals surface area contributed by atoms with Crippen LogP contribution in [-0.4, -0.2) is 25.4 Å². The Morgan fingerprint density at radius 3 is 1.93 bits per heavy atom. The molecular formula is C5H7N4NaO4. The molecule has 2 aromatic heterocycles. The van der Waals surface area contributed by atoms with E-state index in [0.29, 0.717) is 0 Å². The van der Waals surface area contributed by atoms with Gasteiger partial charge in [-0.3, -0.25) is 24.7 Å². The predicted molar refractivity (Wildman–Crippen MR) is 44.9 cm³/mol. The van der Waals surface area contributed by atoms with Gasteiger partial charge in [0.1, 0.15) is 11.2 Å². The van der Waals surface area contributed by atoms with Crippen molar-refractivity contribution >= 4 is 11.2 Å². The summed E-state index contributed by atoms with van der Waals surface area (Å²) in [6.45, 7) is 0. The van der Waals surface area contributed by atoms with Crippen molar-refractivity contribution in [2.75, 3.05) is 0 Å². The third-order valence-corrected chi connectivity index (χ3v) is 1.42. The van der Waals surface area contributed by atoms with E-state index in [-0.39, 0.29) is 47.6 Å². The Labute approximate surface area is 98.8 Å². The molecule has 0 bridgehead atoms. The van der Waals surface area contributed by atoms with Crippen LogP contribution in [0.15, 0.2) is 14.4 Å². The molecule has 0 amide bonds. The smallest absolute Gasteiger partial charge is 1.00 e. The summed E-state index contributed by atoms with van der Waals surface area (Å²) < 4.78 is 0. The minimum atomic E-state index is -0.650. The average Bonchev–Trinajstić information content (AvgIpc) is 2.29. The Morgan fingerprint density at radius 2 is 1.36 bits per heavy atom. The molecule has 2 heterocycles. The molecule has 0 saturated carbocycles. The van der Waals surface area contributed by atoms with Crippen LogP contribution in [0.4, 0.5) is 0 Å². The third-order valence-electron chi connectivity index (χ3n) is 1.42. The first kappa shape index (κ1) is 12.9. The van der Waals surface area contributed by atoms with Gasteiger partial charge in [0, 0.05) is 0 Å². The number of rotatable bonds is 0. The molecule has 0 aliphatic heterocycles. The van der Waals surface area contributed by atoms with Crippen molar-refractivity contribution in [3.05, 3.63) is 31.3 Å². The van der Waals surface area contributed by atoms with Crippen molar-refractivity contribution in [2.24, 2.45) is 0 Å². The maximum absolute atomic E-state index is 10.9. The molecule has 2 rings (SSSR count). The van der Waals surface area contributed by atoms with E-state index in [9.17, 15) is 14.4 Å². The number of fused-ring (bicyclic) bond motifs is 1. The van der Waals surface area contributed by atoms with E-state index >= 15 is 0 Å². The molecule has 72 valence electrons. The molecule has 2 aromatic rings. The van der Waals surface area contributed by atoms with Gasteiger partial charge in [-0.05, 0) is 0 Å². The van der Waals surface area contributed by atoms with Gasteiger partial charge < -0.3 is 6.90 Å². The van der Waals surface area contributed by atoms with Gasteiger partial charge in [-0.1, -0.05) is 0 Å². The fraction of sp³-hybridized carbons (Fsp3) is 0. The molecule has 0 aliphatic carbocycles. The van der Waals surface area contributed by atoms with Crippen molar-refractivity contribution in [2.45, 2.75) is 0 Å². The number of H-pyrrole nitrogens is 4. The second-order valence-corrected chi connectivity index (χ2v) is 2.24. The molecule has 0 atom stereocenters. The maximum atomic E-state index is 10.9. The molecule has 0 aromatic carbocycles. The van der Waals surface area contributed by atoms with E-state index in [0.717, 1.165) is 0 Å². The zero-order chi connectivity index (χ0) is 8.72. The summed E-state index contributed by atoms with van der Waals surface area (Å²) in [7, 11) is 0. The zero-order valence-corrected chi connectivity index (χ0v) is 9.22. The Balaban J connectivity index is 0. The van der Waals surface area contributed by atoms with Gasteiger partial charge in [-0.25, -0.2) is 9.59 Å². The van der Waals surface area contributed by atoms with Crippen LogP contribution in [0, 0.1) is 0 Å². The predicted octanol–water partition coefficient (Wildman–Crippen LogP) is -5.48. The molecular weight excluding hydrogens is 203 g/mol. The number of aromatic amines is 4. The van der Waals surface area contributed by atoms with Crippen LogP contribution in [0.2, 0.25) is 0 Å². The first-order chi connectivity index (χ1) is 5.66. The van der Waals surface area contributed by atoms with Gasteiger partial charge in [-0.15, -0.1) is 0 Å². The zero-order valence-electron chi connectivity index (χ0n) is 8.22. The Hall–Kier alpha value is -1.09. The average molecular weight is 210 g/mol. The van der Waals surface area contributed by atoms with Gasteiger partial charge in [0.15, 0.2) is 0 Å². The Morgan fingerprint density at radius 1 is 0.857 bits per heavy atom. The van der Waals surface area contributed by atoms with Crippen LogP contribution >= 0.6 is 0 Å². The summed E-state index contributed by atoms with van der Waals surface area (Å²) in [5, 5.41) is 0. The molecule has 0 spiro atoms. The largest absolute Gasteiger partial charge is 1.00 e. The molecule has 8 nitrogen and oxygen atoms in total. The second-order valence-electron chi connectivity index (χ2n) is 2.24. The van der Waals surface area contributed by atoms with Gasteiger partial charge in [-0.2, -0.15) is 0 Å². The van der Waals surface area contributed by atoms with Crippen LogP contribution in [0.25, 0.3) is 11.2 Å².